The molecule has 0 aliphatic rings. The Hall–Kier alpha value is -1.38. The zero-order valence-electron chi connectivity index (χ0n) is 10.6. The van der Waals surface area contributed by atoms with Gasteiger partial charge in [-0.25, -0.2) is 0 Å². The molecule has 3 rings (SSSR count). The molecule has 0 amide bonds. The van der Waals surface area contributed by atoms with Crippen LogP contribution in [0.1, 0.15) is 5.69 Å². The number of fused-ring (bicyclic) bond motifs is 1. The van der Waals surface area contributed by atoms with E-state index in [0.29, 0.717) is 0 Å². The number of rotatable bonds is 1. The molecule has 0 aliphatic carbocycles. The van der Waals surface area contributed by atoms with Crippen molar-refractivity contribution in [2.45, 2.75) is 6.92 Å². The van der Waals surface area contributed by atoms with Gasteiger partial charge in [-0.2, -0.15) is 0 Å². The van der Waals surface area contributed by atoms with E-state index in [1.165, 1.54) is 22.3 Å². The fourth-order valence-corrected chi connectivity index (χ4v) is 2.32. The Morgan fingerprint density at radius 3 is 2.67 bits per heavy atom. The fourth-order valence-electron chi connectivity index (χ4n) is 2.32. The predicted octanol–water partition coefficient (Wildman–Crippen LogP) is 2.69. The summed E-state index contributed by atoms with van der Waals surface area (Å²) in [5.41, 5.74) is 3.68. The Kier molecular flexibility index (Phi) is 3.42. The molecule has 1 radical (unpaired) electrons. The van der Waals surface area contributed by atoms with Crippen LogP contribution >= 0.6 is 0 Å². The molecule has 18 heavy (non-hydrogen) atoms. The largest absolute Gasteiger partial charge is 0.394 e. The maximum Gasteiger partial charge on any atom is 0.146 e. The van der Waals surface area contributed by atoms with Gasteiger partial charge in [0.25, 0.3) is 0 Å². The number of nitrogens with zero attached hydrogens (tertiary/aromatic N) is 3. The summed E-state index contributed by atoms with van der Waals surface area (Å²) in [5, 5.41) is 1.17. The van der Waals surface area contributed by atoms with Gasteiger partial charge in [-0.3, -0.25) is 9.13 Å². The number of imidazole rings is 1. The van der Waals surface area contributed by atoms with E-state index < -0.39 is 0 Å². The van der Waals surface area contributed by atoms with Gasteiger partial charge >= 0.3 is 0 Å². The first kappa shape index (κ1) is 13.1. The van der Waals surface area contributed by atoms with Gasteiger partial charge in [0.05, 0.1) is 0 Å². The van der Waals surface area contributed by atoms with Crippen molar-refractivity contribution in [3.05, 3.63) is 48.7 Å². The average molecular weight is 418 g/mol. The predicted molar refractivity (Wildman–Crippen MR) is 69.2 cm³/mol. The average Bonchev–Trinajstić information content (AvgIpc) is 2.84. The molecule has 0 aliphatic heterocycles. The first-order valence-electron chi connectivity index (χ1n) is 5.68. The van der Waals surface area contributed by atoms with Crippen molar-refractivity contribution in [3.8, 4) is 5.69 Å². The molecule has 0 N–H and O–H groups in total. The van der Waals surface area contributed by atoms with Crippen LogP contribution in [0.4, 0.5) is 0 Å². The van der Waals surface area contributed by atoms with E-state index in [4.69, 9.17) is 0 Å². The van der Waals surface area contributed by atoms with E-state index in [9.17, 15) is 0 Å². The van der Waals surface area contributed by atoms with Crippen LogP contribution in [0.25, 0.3) is 16.6 Å². The van der Waals surface area contributed by atoms with Crippen LogP contribution in [0.15, 0.2) is 36.9 Å². The Morgan fingerprint density at radius 2 is 2.00 bits per heavy atom. The van der Waals surface area contributed by atoms with Crippen molar-refractivity contribution in [2.24, 2.45) is 14.1 Å². The number of hydrogen-bond acceptors (Lipinski definition) is 0. The van der Waals surface area contributed by atoms with Gasteiger partial charge < -0.3 is 4.57 Å². The van der Waals surface area contributed by atoms with Crippen molar-refractivity contribution in [2.75, 3.05) is 0 Å². The van der Waals surface area contributed by atoms with Gasteiger partial charge in [0.1, 0.15) is 18.7 Å². The second kappa shape index (κ2) is 4.71. The molecule has 1 aromatic carbocycles. The third-order valence-corrected chi connectivity index (χ3v) is 3.31. The SMILES string of the molecule is Cc1c(-n2ccn(C)[cH+]2)c2[c-]cccc2n1C.[Ir]. The van der Waals surface area contributed by atoms with Crippen LogP contribution in [-0.4, -0.2) is 13.7 Å². The van der Waals surface area contributed by atoms with Crippen LogP contribution in [-0.2, 0) is 34.2 Å². The molecule has 0 unspecified atom stereocenters. The van der Waals surface area contributed by atoms with Crippen LogP contribution < -0.4 is 0 Å². The van der Waals surface area contributed by atoms with E-state index in [0.717, 1.165) is 0 Å². The molecule has 3 aromatic rings. The standard InChI is InChI=1S/C14H15N3.Ir/c1-11-14(17-9-8-15(2)10-17)12-6-4-5-7-13(12)16(11)3;/h4-5,7-10H,1-3H3;. The molecule has 95 valence electrons. The monoisotopic (exact) mass is 418 g/mol. The van der Waals surface area contributed by atoms with E-state index >= 15 is 0 Å². The number of aromatic nitrogens is 3. The number of aryl methyl sites for hydroxylation is 2. The Balaban J connectivity index is 0.00000120. The summed E-state index contributed by atoms with van der Waals surface area (Å²) < 4.78 is 6.40. The van der Waals surface area contributed by atoms with Gasteiger partial charge in [0.2, 0.25) is 0 Å². The minimum atomic E-state index is 0. The summed E-state index contributed by atoms with van der Waals surface area (Å²) in [6.07, 6.45) is 6.19. The van der Waals surface area contributed by atoms with Gasteiger partial charge in [-0.05, 0) is 18.1 Å². The van der Waals surface area contributed by atoms with Gasteiger partial charge in [0, 0.05) is 39.9 Å². The molecular formula is C14H15IrN3. The summed E-state index contributed by atoms with van der Waals surface area (Å²) in [6.45, 7) is 2.14. The van der Waals surface area contributed by atoms with E-state index in [1.54, 1.807) is 0 Å². The number of hydrogen-bond donors (Lipinski definition) is 0. The molecular weight excluding hydrogens is 402 g/mol. The molecule has 4 heteroatoms. The van der Waals surface area contributed by atoms with Crippen LogP contribution in [0.5, 0.6) is 0 Å². The molecule has 0 fully saturated rings. The van der Waals surface area contributed by atoms with Gasteiger partial charge in [-0.1, -0.05) is 5.39 Å². The number of benzene rings is 1. The Labute approximate surface area is 120 Å². The molecule has 2 heterocycles. The molecule has 0 saturated carbocycles. The molecule has 0 bridgehead atoms. The summed E-state index contributed by atoms with van der Waals surface area (Å²) in [5.74, 6) is 0. The van der Waals surface area contributed by atoms with Gasteiger partial charge in [-0.15, -0.1) is 24.3 Å². The third kappa shape index (κ3) is 1.82. The molecule has 0 saturated heterocycles. The zero-order chi connectivity index (χ0) is 12.0. The van der Waals surface area contributed by atoms with Crippen molar-refractivity contribution in [3.63, 3.8) is 0 Å². The maximum absolute atomic E-state index is 3.34. The summed E-state index contributed by atoms with van der Waals surface area (Å²) in [7, 11) is 4.12. The Bertz CT molecular complexity index is 694. The maximum atomic E-state index is 3.34. The van der Waals surface area contributed by atoms with Gasteiger partial charge in [0.15, 0.2) is 0 Å². The van der Waals surface area contributed by atoms with Crippen molar-refractivity contribution in [1.82, 2.24) is 13.7 Å². The zero-order valence-corrected chi connectivity index (χ0v) is 13.0. The normalized spacial score (nSPS) is 10.6. The Morgan fingerprint density at radius 1 is 1.22 bits per heavy atom. The second-order valence-electron chi connectivity index (χ2n) is 4.41. The minimum absolute atomic E-state index is 0. The quantitative estimate of drug-likeness (QED) is 0.541. The van der Waals surface area contributed by atoms with Crippen molar-refractivity contribution >= 4 is 10.9 Å². The first-order valence-corrected chi connectivity index (χ1v) is 5.68. The molecule has 0 spiro atoms. The summed E-state index contributed by atoms with van der Waals surface area (Å²) in [6, 6.07) is 9.46. The smallest absolute Gasteiger partial charge is 0.146 e. The summed E-state index contributed by atoms with van der Waals surface area (Å²) in [4.78, 5) is 0. The van der Waals surface area contributed by atoms with Crippen LogP contribution in [0.3, 0.4) is 0 Å². The van der Waals surface area contributed by atoms with E-state index in [2.05, 4.69) is 47.8 Å². The van der Waals surface area contributed by atoms with E-state index in [-0.39, 0.29) is 20.1 Å². The van der Waals surface area contributed by atoms with E-state index in [1.807, 2.05) is 29.9 Å². The van der Waals surface area contributed by atoms with Crippen LogP contribution in [0.2, 0.25) is 0 Å². The molecule has 3 nitrogen and oxygen atoms in total. The molecule has 2 aromatic heterocycles. The minimum Gasteiger partial charge on any atom is -0.394 e. The fraction of sp³-hybridized carbons (Fsp3) is 0.214. The first-order chi connectivity index (χ1) is 8.18. The molecule has 0 atom stereocenters. The van der Waals surface area contributed by atoms with Crippen LogP contribution in [0, 0.1) is 13.0 Å². The van der Waals surface area contributed by atoms with Crippen molar-refractivity contribution < 1.29 is 20.1 Å². The second-order valence-corrected chi connectivity index (χ2v) is 4.41. The van der Waals surface area contributed by atoms with Crippen molar-refractivity contribution in [1.29, 1.82) is 0 Å². The topological polar surface area (TPSA) is 14.8 Å². The third-order valence-electron chi connectivity index (χ3n) is 3.31. The summed E-state index contributed by atoms with van der Waals surface area (Å²) >= 11 is 0.